The Balaban J connectivity index is 1.71. The van der Waals surface area contributed by atoms with Gasteiger partial charge in [-0.2, -0.15) is 0 Å². The predicted octanol–water partition coefficient (Wildman–Crippen LogP) is 1.93. The van der Waals surface area contributed by atoms with E-state index in [2.05, 4.69) is 10.5 Å². The number of fused-ring (bicyclic) bond motifs is 1. The molecule has 1 amide bonds. The molecular weight excluding hydrogens is 344 g/mol. The summed E-state index contributed by atoms with van der Waals surface area (Å²) in [5, 5.41) is 5.33. The number of nitrogens with one attached hydrogen (secondary N) is 1. The second-order valence-corrected chi connectivity index (χ2v) is 8.44. The van der Waals surface area contributed by atoms with E-state index in [1.807, 2.05) is 24.3 Å². The minimum atomic E-state index is -3.69. The van der Waals surface area contributed by atoms with Crippen molar-refractivity contribution in [3.63, 3.8) is 0 Å². The van der Waals surface area contributed by atoms with E-state index in [1.54, 1.807) is 13.0 Å². The van der Waals surface area contributed by atoms with Crippen LogP contribution < -0.4 is 10.1 Å². The minimum absolute atomic E-state index is 0.260. The van der Waals surface area contributed by atoms with Crippen molar-refractivity contribution in [1.82, 2.24) is 10.5 Å². The number of hydrogen-bond acceptors (Lipinski definition) is 6. The van der Waals surface area contributed by atoms with Gasteiger partial charge in [-0.1, -0.05) is 23.4 Å². The monoisotopic (exact) mass is 364 g/mol. The highest BCUT2D eigenvalue weighted by molar-refractivity contribution is 7.92. The van der Waals surface area contributed by atoms with Crippen LogP contribution in [0, 0.1) is 6.92 Å². The average Bonchev–Trinajstić information content (AvgIpc) is 2.98. The average molecular weight is 364 g/mol. The molecule has 1 aromatic heterocycles. The standard InChI is InChI=1S/C17H20N2O5S/c1-11-9-13(19-24-11)10-25(21,22)12(2)17(20)18-15-7-8-23-16-6-4-3-5-14(15)16/h3-6,9,12,15H,7-8,10H2,1-2H3,(H,18,20). The van der Waals surface area contributed by atoms with Crippen molar-refractivity contribution in [1.29, 1.82) is 0 Å². The van der Waals surface area contributed by atoms with Gasteiger partial charge in [0.1, 0.15) is 16.8 Å². The van der Waals surface area contributed by atoms with Crippen LogP contribution in [-0.4, -0.2) is 31.3 Å². The number of para-hydroxylation sites is 1. The first-order valence-electron chi connectivity index (χ1n) is 8.02. The van der Waals surface area contributed by atoms with Gasteiger partial charge in [0.2, 0.25) is 5.91 Å². The summed E-state index contributed by atoms with van der Waals surface area (Å²) in [6.07, 6.45) is 0.595. The molecule has 0 fully saturated rings. The SMILES string of the molecule is Cc1cc(CS(=O)(=O)C(C)C(=O)NC2CCOc3ccccc32)no1. The van der Waals surface area contributed by atoms with Crippen LogP contribution in [-0.2, 0) is 20.4 Å². The van der Waals surface area contributed by atoms with Crippen molar-refractivity contribution in [3.05, 3.63) is 47.3 Å². The van der Waals surface area contributed by atoms with Crippen LogP contribution in [0.15, 0.2) is 34.9 Å². The highest BCUT2D eigenvalue weighted by Gasteiger charge is 2.32. The van der Waals surface area contributed by atoms with Crippen LogP contribution in [0.4, 0.5) is 0 Å². The maximum Gasteiger partial charge on any atom is 0.238 e. The smallest absolute Gasteiger partial charge is 0.238 e. The Bertz CT molecular complexity index is 875. The summed E-state index contributed by atoms with van der Waals surface area (Å²) >= 11 is 0. The highest BCUT2D eigenvalue weighted by atomic mass is 32.2. The third-order valence-corrected chi connectivity index (χ3v) is 6.20. The van der Waals surface area contributed by atoms with E-state index >= 15 is 0 Å². The topological polar surface area (TPSA) is 98.5 Å². The summed E-state index contributed by atoms with van der Waals surface area (Å²) in [7, 11) is -3.69. The normalized spacial score (nSPS) is 18.1. The van der Waals surface area contributed by atoms with E-state index in [9.17, 15) is 13.2 Å². The fourth-order valence-electron chi connectivity index (χ4n) is 2.76. The van der Waals surface area contributed by atoms with Crippen molar-refractivity contribution in [2.45, 2.75) is 37.3 Å². The van der Waals surface area contributed by atoms with Crippen LogP contribution in [0.1, 0.15) is 36.4 Å². The molecule has 0 saturated carbocycles. The van der Waals surface area contributed by atoms with Gasteiger partial charge in [-0.25, -0.2) is 8.42 Å². The zero-order chi connectivity index (χ0) is 18.0. The van der Waals surface area contributed by atoms with Gasteiger partial charge in [0.15, 0.2) is 9.84 Å². The number of nitrogens with zero attached hydrogens (tertiary/aromatic N) is 1. The summed E-state index contributed by atoms with van der Waals surface area (Å²) in [5.41, 5.74) is 1.16. The second kappa shape index (κ2) is 6.87. The number of aryl methyl sites for hydroxylation is 1. The van der Waals surface area contributed by atoms with Crippen LogP contribution in [0.25, 0.3) is 0 Å². The lowest BCUT2D eigenvalue weighted by atomic mass is 10.0. The predicted molar refractivity (Wildman–Crippen MR) is 90.8 cm³/mol. The highest BCUT2D eigenvalue weighted by Crippen LogP contribution is 2.31. The van der Waals surface area contributed by atoms with Gasteiger partial charge in [-0.3, -0.25) is 4.79 Å². The number of carbonyl (C=O) groups is 1. The number of amides is 1. The summed E-state index contributed by atoms with van der Waals surface area (Å²) in [6, 6.07) is 8.72. The van der Waals surface area contributed by atoms with Gasteiger partial charge in [0.05, 0.1) is 24.1 Å². The first-order chi connectivity index (χ1) is 11.9. The molecule has 25 heavy (non-hydrogen) atoms. The quantitative estimate of drug-likeness (QED) is 0.870. The van der Waals surface area contributed by atoms with E-state index in [1.165, 1.54) is 6.92 Å². The summed E-state index contributed by atoms with van der Waals surface area (Å²) in [5.74, 6) is 0.388. The maximum atomic E-state index is 12.5. The van der Waals surface area contributed by atoms with Crippen molar-refractivity contribution < 1.29 is 22.5 Å². The Morgan fingerprint density at radius 1 is 1.40 bits per heavy atom. The van der Waals surface area contributed by atoms with E-state index in [0.717, 1.165) is 5.56 Å². The van der Waals surface area contributed by atoms with E-state index in [0.29, 0.717) is 30.2 Å². The Morgan fingerprint density at radius 2 is 2.16 bits per heavy atom. The van der Waals surface area contributed by atoms with Crippen LogP contribution in [0.2, 0.25) is 0 Å². The molecule has 2 unspecified atom stereocenters. The molecule has 2 heterocycles. The molecule has 1 aliphatic heterocycles. The molecular formula is C17H20N2O5S. The minimum Gasteiger partial charge on any atom is -0.493 e. The van der Waals surface area contributed by atoms with Gasteiger partial charge in [0, 0.05) is 18.1 Å². The van der Waals surface area contributed by atoms with Crippen LogP contribution in [0.5, 0.6) is 5.75 Å². The van der Waals surface area contributed by atoms with Crippen molar-refractivity contribution in [3.8, 4) is 5.75 Å². The Hall–Kier alpha value is -2.35. The summed E-state index contributed by atoms with van der Waals surface area (Å²) in [4.78, 5) is 12.5. The molecule has 0 aliphatic carbocycles. The molecule has 0 saturated heterocycles. The van der Waals surface area contributed by atoms with Crippen LogP contribution >= 0.6 is 0 Å². The lowest BCUT2D eigenvalue weighted by Crippen LogP contribution is -2.41. The molecule has 0 radical (unpaired) electrons. The number of benzene rings is 1. The van der Waals surface area contributed by atoms with Gasteiger partial charge in [-0.05, 0) is 19.9 Å². The van der Waals surface area contributed by atoms with E-state index in [4.69, 9.17) is 9.26 Å². The van der Waals surface area contributed by atoms with Gasteiger partial charge in [-0.15, -0.1) is 0 Å². The van der Waals surface area contributed by atoms with E-state index < -0.39 is 21.0 Å². The Morgan fingerprint density at radius 3 is 2.88 bits per heavy atom. The molecule has 0 bridgehead atoms. The zero-order valence-corrected chi connectivity index (χ0v) is 14.9. The molecule has 1 aromatic carbocycles. The molecule has 134 valence electrons. The molecule has 0 spiro atoms. The Labute approximate surface area is 146 Å². The molecule has 1 aliphatic rings. The molecule has 7 nitrogen and oxygen atoms in total. The lowest BCUT2D eigenvalue weighted by molar-refractivity contribution is -0.121. The third kappa shape index (κ3) is 3.84. The van der Waals surface area contributed by atoms with Crippen molar-refractivity contribution in [2.75, 3.05) is 6.61 Å². The van der Waals surface area contributed by atoms with Crippen molar-refractivity contribution in [2.24, 2.45) is 0 Å². The maximum absolute atomic E-state index is 12.5. The van der Waals surface area contributed by atoms with E-state index in [-0.39, 0.29) is 11.8 Å². The molecule has 3 rings (SSSR count). The molecule has 1 N–H and O–H groups in total. The first kappa shape index (κ1) is 17.5. The largest absolute Gasteiger partial charge is 0.493 e. The fraction of sp³-hybridized carbons (Fsp3) is 0.412. The molecule has 8 heteroatoms. The van der Waals surface area contributed by atoms with Gasteiger partial charge < -0.3 is 14.6 Å². The Kier molecular flexibility index (Phi) is 4.80. The summed E-state index contributed by atoms with van der Waals surface area (Å²) in [6.45, 7) is 3.55. The van der Waals surface area contributed by atoms with Crippen molar-refractivity contribution >= 4 is 15.7 Å². The molecule has 2 atom stereocenters. The third-order valence-electron chi connectivity index (χ3n) is 4.21. The summed E-state index contributed by atoms with van der Waals surface area (Å²) < 4.78 is 35.4. The zero-order valence-electron chi connectivity index (χ0n) is 14.1. The lowest BCUT2D eigenvalue weighted by Gasteiger charge is -2.27. The number of carbonyl (C=O) groups excluding carboxylic acids is 1. The fourth-order valence-corrected chi connectivity index (χ4v) is 3.95. The number of ether oxygens (including phenoxy) is 1. The van der Waals surface area contributed by atoms with Gasteiger partial charge in [0.25, 0.3) is 0 Å². The molecule has 2 aromatic rings. The first-order valence-corrected chi connectivity index (χ1v) is 9.74. The van der Waals surface area contributed by atoms with Crippen LogP contribution in [0.3, 0.4) is 0 Å². The number of rotatable bonds is 5. The number of hydrogen-bond donors (Lipinski definition) is 1. The number of aromatic nitrogens is 1. The number of sulfone groups is 1. The second-order valence-electron chi connectivity index (χ2n) is 6.11. The van der Waals surface area contributed by atoms with Gasteiger partial charge >= 0.3 is 0 Å².